The molecule has 370 valence electrons. The highest BCUT2D eigenvalue weighted by atomic mass is 14.8. The van der Waals surface area contributed by atoms with E-state index in [-0.39, 0.29) is 32.5 Å². The molecule has 5 heteroatoms. The van der Waals surface area contributed by atoms with Gasteiger partial charge in [0.1, 0.15) is 0 Å². The van der Waals surface area contributed by atoms with E-state index >= 15 is 0 Å². The molecule has 3 aromatic carbocycles. The van der Waals surface area contributed by atoms with Crippen LogP contribution in [0.4, 0.5) is 0 Å². The zero-order chi connectivity index (χ0) is 52.1. The number of rotatable bonds is 4. The van der Waals surface area contributed by atoms with Crippen molar-refractivity contribution in [2.24, 2.45) is 0 Å². The van der Waals surface area contributed by atoms with Crippen LogP contribution in [0.25, 0.3) is 90.9 Å². The largest absolute Gasteiger partial charge is 0.354 e. The molecule has 0 aliphatic carbocycles. The zero-order valence-electron chi connectivity index (χ0n) is 46.5. The predicted molar refractivity (Wildman–Crippen MR) is 311 cm³/mol. The van der Waals surface area contributed by atoms with E-state index in [1.165, 1.54) is 33.4 Å². The van der Waals surface area contributed by atoms with Crippen LogP contribution in [-0.4, -0.2) is 24.9 Å². The number of H-pyrrole nitrogens is 2. The third-order valence-electron chi connectivity index (χ3n) is 14.6. The summed E-state index contributed by atoms with van der Waals surface area (Å²) >= 11 is 0. The summed E-state index contributed by atoms with van der Waals surface area (Å²) in [6.45, 7) is 41.6. The van der Waals surface area contributed by atoms with Crippen molar-refractivity contribution in [3.8, 4) is 44.5 Å². The molecule has 9 rings (SSSR count). The zero-order valence-corrected chi connectivity index (χ0v) is 46.5. The number of hydrogen-bond acceptors (Lipinski definition) is 3. The first-order valence-corrected chi connectivity index (χ1v) is 26.0. The molecule has 2 aliphatic heterocycles. The Labute approximate surface area is 430 Å². The van der Waals surface area contributed by atoms with Crippen LogP contribution >= 0.6 is 0 Å². The molecule has 6 heterocycles. The van der Waals surface area contributed by atoms with Crippen molar-refractivity contribution < 1.29 is 0 Å². The fraction of sp³-hybridized carbons (Fsp3) is 0.358. The first-order chi connectivity index (χ1) is 33.4. The summed E-state index contributed by atoms with van der Waals surface area (Å²) in [5.74, 6) is 0. The second-order valence-electron chi connectivity index (χ2n) is 26.6. The SMILES string of the molecule is CC(C)(C)c1cc(-c2c3nc(c(-c4cc(C(C)(C)C)cc(C(C)(C)C)c4)c4ccc([nH]4)c(-c4cc(C(C)(C)C)cc(C(C)(C)C)c4)c4nc(c(-c5ccncc5)c5ccc2[nH]5)C=C4)C=C3)cc(C(C)(C)C)c1. The van der Waals surface area contributed by atoms with Gasteiger partial charge >= 0.3 is 0 Å². The van der Waals surface area contributed by atoms with Crippen LogP contribution in [-0.2, 0) is 32.5 Å². The number of nitrogens with zero attached hydrogens (tertiary/aromatic N) is 3. The van der Waals surface area contributed by atoms with Gasteiger partial charge in [0.15, 0.2) is 0 Å². The number of nitrogens with one attached hydrogen (secondary N) is 2. The van der Waals surface area contributed by atoms with Crippen LogP contribution in [0.5, 0.6) is 0 Å². The summed E-state index contributed by atoms with van der Waals surface area (Å²) in [6.07, 6.45) is 12.6. The van der Waals surface area contributed by atoms with Crippen molar-refractivity contribution in [1.82, 2.24) is 24.9 Å². The number of aromatic nitrogens is 5. The van der Waals surface area contributed by atoms with Crippen LogP contribution in [0.1, 0.15) is 181 Å². The number of pyridine rings is 1. The Morgan fingerprint density at radius 2 is 0.500 bits per heavy atom. The third-order valence-corrected chi connectivity index (χ3v) is 14.6. The Balaban J connectivity index is 1.52. The summed E-state index contributed by atoms with van der Waals surface area (Å²) in [4.78, 5) is 24.0. The number of benzene rings is 3. The summed E-state index contributed by atoms with van der Waals surface area (Å²) in [5, 5.41) is 0. The van der Waals surface area contributed by atoms with Gasteiger partial charge in [-0.25, -0.2) is 9.97 Å². The van der Waals surface area contributed by atoms with E-state index in [1.54, 1.807) is 0 Å². The van der Waals surface area contributed by atoms with Crippen LogP contribution in [0.3, 0.4) is 0 Å². The van der Waals surface area contributed by atoms with Gasteiger partial charge in [-0.3, -0.25) is 4.98 Å². The number of hydrogen-bond donors (Lipinski definition) is 2. The molecule has 0 saturated heterocycles. The van der Waals surface area contributed by atoms with Crippen LogP contribution in [0, 0.1) is 0 Å². The first kappa shape index (κ1) is 50.4. The lowest BCUT2D eigenvalue weighted by Gasteiger charge is -2.26. The predicted octanol–water partition coefficient (Wildman–Crippen LogP) is 18.5. The third kappa shape index (κ3) is 9.97. The molecule has 0 unspecified atom stereocenters. The highest BCUT2D eigenvalue weighted by Gasteiger charge is 2.28. The average molecular weight is 952 g/mol. The van der Waals surface area contributed by atoms with Crippen LogP contribution < -0.4 is 0 Å². The van der Waals surface area contributed by atoms with Crippen LogP contribution in [0.15, 0.2) is 103 Å². The maximum Gasteiger partial charge on any atom is 0.0737 e. The lowest BCUT2D eigenvalue weighted by Crippen LogP contribution is -2.16. The van der Waals surface area contributed by atoms with Gasteiger partial charge in [0.2, 0.25) is 0 Å². The molecule has 0 saturated carbocycles. The molecule has 2 aliphatic rings. The Hall–Kier alpha value is -6.59. The minimum absolute atomic E-state index is 0.0861. The summed E-state index contributed by atoms with van der Waals surface area (Å²) in [6, 6.07) is 34.7. The Bertz CT molecular complexity index is 3320. The molecule has 7 aromatic rings. The molecule has 4 aromatic heterocycles. The minimum Gasteiger partial charge on any atom is -0.354 e. The Morgan fingerprint density at radius 1 is 0.278 bits per heavy atom. The van der Waals surface area contributed by atoms with Crippen molar-refractivity contribution >= 4 is 46.4 Å². The topological polar surface area (TPSA) is 70.2 Å². The maximum atomic E-state index is 5.78. The molecule has 0 spiro atoms. The highest BCUT2D eigenvalue weighted by molar-refractivity contribution is 6.00. The summed E-state index contributed by atoms with van der Waals surface area (Å²) in [7, 11) is 0. The number of fused-ring (bicyclic) bond motifs is 8. The molecular weight excluding hydrogens is 875 g/mol. The van der Waals surface area contributed by atoms with Crippen molar-refractivity contribution in [2.45, 2.75) is 157 Å². The average Bonchev–Trinajstić information content (AvgIpc) is 4.13. The van der Waals surface area contributed by atoms with Gasteiger partial charge in [-0.05, 0) is 149 Å². The van der Waals surface area contributed by atoms with Crippen molar-refractivity contribution in [3.63, 3.8) is 0 Å². The number of aromatic amines is 2. The molecular formula is C67H77N5. The molecule has 0 amide bonds. The molecule has 0 radical (unpaired) electrons. The molecule has 0 fully saturated rings. The van der Waals surface area contributed by atoms with Crippen molar-refractivity contribution in [1.29, 1.82) is 0 Å². The van der Waals surface area contributed by atoms with E-state index in [9.17, 15) is 0 Å². The van der Waals surface area contributed by atoms with Gasteiger partial charge in [0.05, 0.1) is 22.8 Å². The van der Waals surface area contributed by atoms with E-state index in [4.69, 9.17) is 9.97 Å². The standard InChI is InChI=1S/C67H77N5/c1-62(2,3)44-31-41(32-45(37-44)63(4,5)6)59-52-21-19-50(69-52)58(40-27-29-68-30-28-40)51-20-22-53(70-51)60(42-33-46(64(7,8)9)38-47(34-42)65(10,11)12)55-24-26-57(72-55)61(56-25-23-54(59)71-56)43-35-48(66(13,14)15)39-49(36-43)67(16,17)18/h19-39,69,72H,1-18H3. The van der Waals surface area contributed by atoms with Crippen LogP contribution in [0.2, 0.25) is 0 Å². The van der Waals surface area contributed by atoms with Gasteiger partial charge in [-0.1, -0.05) is 179 Å². The van der Waals surface area contributed by atoms with Crippen molar-refractivity contribution in [2.75, 3.05) is 0 Å². The van der Waals surface area contributed by atoms with Crippen molar-refractivity contribution in [3.05, 3.63) is 160 Å². The Morgan fingerprint density at radius 3 is 0.722 bits per heavy atom. The Kier molecular flexibility index (Phi) is 12.3. The molecule has 2 N–H and O–H groups in total. The fourth-order valence-corrected chi connectivity index (χ4v) is 9.85. The fourth-order valence-electron chi connectivity index (χ4n) is 9.85. The van der Waals surface area contributed by atoms with Gasteiger partial charge in [-0.2, -0.15) is 0 Å². The second-order valence-corrected chi connectivity index (χ2v) is 26.6. The van der Waals surface area contributed by atoms with E-state index in [0.717, 1.165) is 89.4 Å². The van der Waals surface area contributed by atoms with E-state index in [1.807, 2.05) is 12.4 Å². The lowest BCUT2D eigenvalue weighted by atomic mass is 9.78. The van der Waals surface area contributed by atoms with Gasteiger partial charge in [0.25, 0.3) is 0 Å². The van der Waals surface area contributed by atoms with Gasteiger partial charge in [0, 0.05) is 56.7 Å². The first-order valence-electron chi connectivity index (χ1n) is 26.0. The second kappa shape index (κ2) is 17.6. The van der Waals surface area contributed by atoms with E-state index in [2.05, 4.69) is 255 Å². The normalized spacial score (nSPS) is 13.6. The molecule has 5 nitrogen and oxygen atoms in total. The van der Waals surface area contributed by atoms with Gasteiger partial charge < -0.3 is 9.97 Å². The smallest absolute Gasteiger partial charge is 0.0737 e. The summed E-state index contributed by atoms with van der Waals surface area (Å²) < 4.78 is 0. The molecule has 8 bridgehead atoms. The van der Waals surface area contributed by atoms with E-state index < -0.39 is 0 Å². The summed E-state index contributed by atoms with van der Waals surface area (Å²) in [5.41, 5.74) is 23.3. The highest BCUT2D eigenvalue weighted by Crippen LogP contribution is 2.43. The lowest BCUT2D eigenvalue weighted by molar-refractivity contribution is 0.568. The van der Waals surface area contributed by atoms with E-state index in [0.29, 0.717) is 0 Å². The maximum absolute atomic E-state index is 5.78. The molecule has 72 heavy (non-hydrogen) atoms. The van der Waals surface area contributed by atoms with Gasteiger partial charge in [-0.15, -0.1) is 0 Å². The monoisotopic (exact) mass is 952 g/mol. The molecule has 0 atom stereocenters. The quantitative estimate of drug-likeness (QED) is 0.185. The minimum atomic E-state index is -0.0907.